The minimum atomic E-state index is -0.337. The molecule has 0 radical (unpaired) electrons. The van der Waals surface area contributed by atoms with E-state index in [1.807, 2.05) is 5.80 Å². The Labute approximate surface area is 96.8 Å². The van der Waals surface area contributed by atoms with Gasteiger partial charge in [0.1, 0.15) is 6.61 Å². The van der Waals surface area contributed by atoms with E-state index in [1.165, 1.54) is 0 Å². The maximum Gasteiger partial charge on any atom is 0.180 e. The molecule has 1 aromatic rings. The first-order valence-corrected chi connectivity index (χ1v) is 5.85. The number of aromatic nitrogens is 1. The highest BCUT2D eigenvalue weighted by atomic mass is 31.0. The van der Waals surface area contributed by atoms with Crippen LogP contribution in [0.4, 0.5) is 0 Å². The normalized spacial score (nSPS) is 12.9. The Bertz CT molecular complexity index is 273. The van der Waals surface area contributed by atoms with Gasteiger partial charge in [-0.1, -0.05) is 0 Å². The van der Waals surface area contributed by atoms with E-state index < -0.39 is 0 Å². The van der Waals surface area contributed by atoms with Crippen molar-refractivity contribution in [2.24, 2.45) is 0 Å². The van der Waals surface area contributed by atoms with Crippen LogP contribution in [0.25, 0.3) is 0 Å². The molecule has 0 aliphatic heterocycles. The van der Waals surface area contributed by atoms with Crippen LogP contribution in [0.3, 0.4) is 0 Å². The molecule has 0 N–H and O–H groups in total. The van der Waals surface area contributed by atoms with Crippen LogP contribution in [0.15, 0.2) is 18.2 Å². The quantitative estimate of drug-likeness (QED) is 0.515. The molecular formula is C10H16NO4P. The molecule has 1 atom stereocenters. The van der Waals surface area contributed by atoms with E-state index in [2.05, 4.69) is 4.98 Å². The van der Waals surface area contributed by atoms with E-state index in [0.29, 0.717) is 19.8 Å². The monoisotopic (exact) mass is 245 g/mol. The van der Waals surface area contributed by atoms with Crippen LogP contribution in [0.2, 0.25) is 0 Å². The van der Waals surface area contributed by atoms with Crippen molar-refractivity contribution in [3.05, 3.63) is 18.2 Å². The summed E-state index contributed by atoms with van der Waals surface area (Å²) in [6.45, 7) is 1.35. The van der Waals surface area contributed by atoms with E-state index in [9.17, 15) is 0 Å². The van der Waals surface area contributed by atoms with Crippen LogP contribution < -0.4 is 4.74 Å². The molecule has 0 saturated carbocycles. The van der Waals surface area contributed by atoms with Crippen LogP contribution in [0.5, 0.6) is 5.48 Å². The van der Waals surface area contributed by atoms with Gasteiger partial charge in [-0.05, 0) is 14.0 Å². The van der Waals surface area contributed by atoms with Gasteiger partial charge >= 0.3 is 0 Å². The van der Waals surface area contributed by atoms with Crippen LogP contribution in [-0.4, -0.2) is 45.3 Å². The standard InChI is InChI=1S/C10H16NO4P/c1-12-8-9(13-2)14-4-5-15-10-7-11-3-6-16-10/h3,6-7,9H,4-5,8H2,1-2H3. The molecule has 0 bridgehead atoms. The smallest absolute Gasteiger partial charge is 0.180 e. The molecule has 5 nitrogen and oxygen atoms in total. The molecule has 0 aliphatic carbocycles. The van der Waals surface area contributed by atoms with Crippen molar-refractivity contribution in [3.63, 3.8) is 0 Å². The van der Waals surface area contributed by atoms with Gasteiger partial charge in [-0.25, -0.2) is 0 Å². The van der Waals surface area contributed by atoms with Crippen molar-refractivity contribution in [1.29, 1.82) is 0 Å². The van der Waals surface area contributed by atoms with Gasteiger partial charge in [0.05, 0.1) is 19.4 Å². The van der Waals surface area contributed by atoms with E-state index >= 15 is 0 Å². The number of hydrogen-bond donors (Lipinski definition) is 0. The Kier molecular flexibility index (Phi) is 7.01. The lowest BCUT2D eigenvalue weighted by molar-refractivity contribution is -0.155. The molecule has 1 aromatic heterocycles. The number of methoxy groups -OCH3 is 2. The largest absolute Gasteiger partial charge is 0.485 e. The summed E-state index contributed by atoms with van der Waals surface area (Å²) < 4.78 is 20.8. The molecule has 0 fully saturated rings. The van der Waals surface area contributed by atoms with Gasteiger partial charge in [-0.3, -0.25) is 4.98 Å². The first-order chi connectivity index (χ1) is 7.86. The molecule has 1 heterocycles. The molecule has 6 heteroatoms. The fraction of sp³-hybridized carbons (Fsp3) is 0.600. The molecule has 0 aromatic carbocycles. The molecule has 0 amide bonds. The van der Waals surface area contributed by atoms with Gasteiger partial charge in [-0.2, -0.15) is 0 Å². The van der Waals surface area contributed by atoms with Gasteiger partial charge in [0.25, 0.3) is 0 Å². The Morgan fingerprint density at radius 2 is 2.25 bits per heavy atom. The predicted octanol–water partition coefficient (Wildman–Crippen LogP) is 1.68. The zero-order valence-electron chi connectivity index (χ0n) is 9.46. The molecule has 0 aliphatic rings. The minimum Gasteiger partial charge on any atom is -0.485 e. The predicted molar refractivity (Wildman–Crippen MR) is 60.9 cm³/mol. The Morgan fingerprint density at radius 1 is 1.38 bits per heavy atom. The summed E-state index contributed by atoms with van der Waals surface area (Å²) in [6, 6.07) is 0. The summed E-state index contributed by atoms with van der Waals surface area (Å²) in [5.74, 6) is 1.92. The Hall–Kier alpha value is -0.740. The second-order valence-corrected chi connectivity index (χ2v) is 3.88. The highest BCUT2D eigenvalue weighted by Crippen LogP contribution is 2.20. The van der Waals surface area contributed by atoms with Crippen molar-refractivity contribution in [2.45, 2.75) is 6.29 Å². The third-order valence-electron chi connectivity index (χ3n) is 1.74. The average Bonchev–Trinajstić information content (AvgIpc) is 2.34. The second-order valence-electron chi connectivity index (χ2n) is 2.88. The highest BCUT2D eigenvalue weighted by Gasteiger charge is 2.05. The van der Waals surface area contributed by atoms with Gasteiger partial charge in [0.15, 0.2) is 11.8 Å². The molecular weight excluding hydrogens is 229 g/mol. The molecule has 1 unspecified atom stereocenters. The number of ether oxygens (including phenoxy) is 4. The summed E-state index contributed by atoms with van der Waals surface area (Å²) in [4.78, 5) is 3.96. The van der Waals surface area contributed by atoms with E-state index in [4.69, 9.17) is 18.9 Å². The van der Waals surface area contributed by atoms with Crippen LogP contribution in [0.1, 0.15) is 0 Å². The van der Waals surface area contributed by atoms with E-state index in [0.717, 1.165) is 13.7 Å². The maximum atomic E-state index is 5.44. The lowest BCUT2D eigenvalue weighted by atomic mass is 10.6. The maximum absolute atomic E-state index is 5.44. The zero-order chi connectivity index (χ0) is 11.6. The highest BCUT2D eigenvalue weighted by molar-refractivity contribution is 7.31. The van der Waals surface area contributed by atoms with Crippen molar-refractivity contribution < 1.29 is 18.9 Å². The lowest BCUT2D eigenvalue weighted by Gasteiger charge is -2.15. The second kappa shape index (κ2) is 8.42. The Morgan fingerprint density at radius 3 is 2.88 bits per heavy atom. The fourth-order valence-corrected chi connectivity index (χ4v) is 1.60. The average molecular weight is 245 g/mol. The van der Waals surface area contributed by atoms with Crippen molar-refractivity contribution in [2.75, 3.05) is 34.0 Å². The van der Waals surface area contributed by atoms with E-state index in [1.54, 1.807) is 26.6 Å². The zero-order valence-corrected chi connectivity index (χ0v) is 10.4. The van der Waals surface area contributed by atoms with Crippen LogP contribution in [0, 0.1) is 0 Å². The lowest BCUT2D eigenvalue weighted by Crippen LogP contribution is -2.23. The topological polar surface area (TPSA) is 49.8 Å². The number of nitrogens with zero attached hydrogens (tertiary/aromatic N) is 1. The molecule has 16 heavy (non-hydrogen) atoms. The van der Waals surface area contributed by atoms with Crippen LogP contribution >= 0.6 is 8.19 Å². The van der Waals surface area contributed by atoms with Gasteiger partial charge in [0.2, 0.25) is 0 Å². The summed E-state index contributed by atoms with van der Waals surface area (Å²) in [7, 11) is 4.20. The first kappa shape index (κ1) is 13.3. The molecule has 90 valence electrons. The number of rotatable bonds is 8. The van der Waals surface area contributed by atoms with Crippen molar-refractivity contribution in [1.82, 2.24) is 4.98 Å². The minimum absolute atomic E-state index is 0.337. The van der Waals surface area contributed by atoms with E-state index in [-0.39, 0.29) is 6.29 Å². The SMILES string of the molecule is COCC(OC)OCCOc1cnccp1. The third-order valence-corrected chi connectivity index (χ3v) is 2.52. The van der Waals surface area contributed by atoms with Crippen LogP contribution in [-0.2, 0) is 14.2 Å². The molecule has 0 spiro atoms. The van der Waals surface area contributed by atoms with Gasteiger partial charge in [-0.15, -0.1) is 0 Å². The molecule has 1 rings (SSSR count). The van der Waals surface area contributed by atoms with Gasteiger partial charge < -0.3 is 18.9 Å². The fourth-order valence-electron chi connectivity index (χ4n) is 1.01. The van der Waals surface area contributed by atoms with Gasteiger partial charge in [0, 0.05) is 20.4 Å². The molecule has 0 saturated heterocycles. The summed E-state index contributed by atoms with van der Waals surface area (Å²) in [6.07, 6.45) is 3.10. The Balaban J connectivity index is 2.11. The summed E-state index contributed by atoms with van der Waals surface area (Å²) in [5.41, 5.74) is 0.826. The third kappa shape index (κ3) is 5.37. The first-order valence-electron chi connectivity index (χ1n) is 4.89. The van der Waals surface area contributed by atoms with Crippen molar-refractivity contribution >= 4 is 8.19 Å². The van der Waals surface area contributed by atoms with Crippen molar-refractivity contribution in [3.8, 4) is 5.48 Å². The summed E-state index contributed by atoms with van der Waals surface area (Å²) >= 11 is 0. The number of hydrogen-bond acceptors (Lipinski definition) is 5. The summed E-state index contributed by atoms with van der Waals surface area (Å²) in [5, 5.41) is 0.